The third-order valence-corrected chi connectivity index (χ3v) is 3.97. The number of anilines is 1. The highest BCUT2D eigenvalue weighted by atomic mass is 16.5. The minimum absolute atomic E-state index is 0.277. The van der Waals surface area contributed by atoms with Gasteiger partial charge in [0.15, 0.2) is 0 Å². The molecule has 1 fully saturated rings. The number of ether oxygens (including phenoxy) is 2. The normalized spacial score (nSPS) is 17.8. The highest BCUT2D eigenvalue weighted by Gasteiger charge is 2.23. The third-order valence-electron chi connectivity index (χ3n) is 3.97. The van der Waals surface area contributed by atoms with Crippen LogP contribution in [-0.2, 0) is 6.42 Å². The summed E-state index contributed by atoms with van der Waals surface area (Å²) in [7, 11) is 3.08. The molecule has 3 heterocycles. The molecule has 1 saturated heterocycles. The maximum Gasteiger partial charge on any atom is 0.324 e. The summed E-state index contributed by atoms with van der Waals surface area (Å²) >= 11 is 0. The molecule has 3 rings (SSSR count). The zero-order chi connectivity index (χ0) is 16.1. The van der Waals surface area contributed by atoms with Crippen LogP contribution in [-0.4, -0.2) is 47.2 Å². The fourth-order valence-corrected chi connectivity index (χ4v) is 2.88. The van der Waals surface area contributed by atoms with Crippen LogP contribution in [0, 0.1) is 5.92 Å². The van der Waals surface area contributed by atoms with Gasteiger partial charge in [-0.3, -0.25) is 4.98 Å². The van der Waals surface area contributed by atoms with Crippen molar-refractivity contribution in [2.75, 3.05) is 32.2 Å². The molecular weight excluding hydrogens is 294 g/mol. The minimum atomic E-state index is 0.277. The third kappa shape index (κ3) is 3.85. The van der Waals surface area contributed by atoms with Crippen LogP contribution >= 0.6 is 0 Å². The maximum atomic E-state index is 5.13. The number of rotatable bonds is 5. The van der Waals surface area contributed by atoms with Gasteiger partial charge in [-0.25, -0.2) is 0 Å². The smallest absolute Gasteiger partial charge is 0.324 e. The van der Waals surface area contributed by atoms with Crippen molar-refractivity contribution in [3.05, 3.63) is 30.1 Å². The lowest BCUT2D eigenvalue weighted by molar-refractivity contribution is 0.336. The van der Waals surface area contributed by atoms with Crippen molar-refractivity contribution in [3.8, 4) is 12.0 Å². The summed E-state index contributed by atoms with van der Waals surface area (Å²) in [4.78, 5) is 19.3. The predicted molar refractivity (Wildman–Crippen MR) is 85.8 cm³/mol. The van der Waals surface area contributed by atoms with E-state index in [1.807, 2.05) is 18.3 Å². The number of methoxy groups -OCH3 is 2. The van der Waals surface area contributed by atoms with Crippen LogP contribution in [0.25, 0.3) is 0 Å². The highest BCUT2D eigenvalue weighted by Crippen LogP contribution is 2.24. The van der Waals surface area contributed by atoms with Gasteiger partial charge in [0.25, 0.3) is 0 Å². The van der Waals surface area contributed by atoms with Gasteiger partial charge in [0.2, 0.25) is 5.95 Å². The van der Waals surface area contributed by atoms with Crippen molar-refractivity contribution >= 4 is 5.95 Å². The van der Waals surface area contributed by atoms with Crippen molar-refractivity contribution in [1.29, 1.82) is 0 Å². The molecule has 0 N–H and O–H groups in total. The Labute approximate surface area is 135 Å². The molecule has 0 unspecified atom stereocenters. The summed E-state index contributed by atoms with van der Waals surface area (Å²) in [5.74, 6) is 1.15. The fraction of sp³-hybridized carbons (Fsp3) is 0.500. The van der Waals surface area contributed by atoms with Gasteiger partial charge in [0, 0.05) is 25.0 Å². The van der Waals surface area contributed by atoms with Gasteiger partial charge in [0.05, 0.1) is 14.2 Å². The second-order valence-electron chi connectivity index (χ2n) is 5.59. The molecule has 0 aromatic carbocycles. The molecule has 0 radical (unpaired) electrons. The van der Waals surface area contributed by atoms with Gasteiger partial charge < -0.3 is 14.4 Å². The molecule has 122 valence electrons. The zero-order valence-electron chi connectivity index (χ0n) is 13.5. The fourth-order valence-electron chi connectivity index (χ4n) is 2.88. The van der Waals surface area contributed by atoms with Crippen LogP contribution in [0.4, 0.5) is 5.95 Å². The number of hydrogen-bond donors (Lipinski definition) is 0. The molecule has 7 nitrogen and oxygen atoms in total. The van der Waals surface area contributed by atoms with Gasteiger partial charge in [0.1, 0.15) is 0 Å². The van der Waals surface area contributed by atoms with E-state index in [4.69, 9.17) is 9.47 Å². The van der Waals surface area contributed by atoms with Crippen molar-refractivity contribution in [2.45, 2.75) is 19.3 Å². The van der Waals surface area contributed by atoms with Gasteiger partial charge in [-0.15, -0.1) is 4.98 Å². The molecule has 0 bridgehead atoms. The second kappa shape index (κ2) is 7.21. The zero-order valence-corrected chi connectivity index (χ0v) is 13.5. The van der Waals surface area contributed by atoms with Gasteiger partial charge in [-0.05, 0) is 37.3 Å². The van der Waals surface area contributed by atoms with E-state index >= 15 is 0 Å². The lowest BCUT2D eigenvalue weighted by Crippen LogP contribution is -2.37. The molecule has 1 aliphatic heterocycles. The van der Waals surface area contributed by atoms with Crippen LogP contribution in [0.3, 0.4) is 0 Å². The number of pyridine rings is 1. The van der Waals surface area contributed by atoms with Crippen LogP contribution in [0.1, 0.15) is 18.5 Å². The number of aromatic nitrogens is 4. The molecule has 1 aliphatic rings. The Hall–Kier alpha value is -2.44. The van der Waals surface area contributed by atoms with Crippen LogP contribution < -0.4 is 14.4 Å². The lowest BCUT2D eigenvalue weighted by atomic mass is 9.93. The SMILES string of the molecule is COc1nc(OC)nc(N2CCC[C@@H](Cc3ccccn3)C2)n1. The first-order chi connectivity index (χ1) is 11.3. The van der Waals surface area contributed by atoms with Crippen LogP contribution in [0.15, 0.2) is 24.4 Å². The first-order valence-corrected chi connectivity index (χ1v) is 7.77. The van der Waals surface area contributed by atoms with E-state index in [0.717, 1.165) is 31.6 Å². The molecular formula is C16H21N5O2. The first kappa shape index (κ1) is 15.5. The van der Waals surface area contributed by atoms with E-state index in [0.29, 0.717) is 11.9 Å². The summed E-state index contributed by atoms with van der Waals surface area (Å²) in [6.45, 7) is 1.82. The Morgan fingerprint density at radius 3 is 2.57 bits per heavy atom. The van der Waals surface area contributed by atoms with Gasteiger partial charge in [-0.2, -0.15) is 9.97 Å². The quantitative estimate of drug-likeness (QED) is 0.832. The summed E-state index contributed by atoms with van der Waals surface area (Å²) in [6.07, 6.45) is 5.11. The highest BCUT2D eigenvalue weighted by molar-refractivity contribution is 5.33. The van der Waals surface area contributed by atoms with Crippen molar-refractivity contribution in [2.24, 2.45) is 5.92 Å². The Bertz CT molecular complexity index is 615. The number of nitrogens with zero attached hydrogens (tertiary/aromatic N) is 5. The molecule has 1 atom stereocenters. The summed E-state index contributed by atoms with van der Waals surface area (Å²) < 4.78 is 10.3. The molecule has 23 heavy (non-hydrogen) atoms. The largest absolute Gasteiger partial charge is 0.467 e. The van der Waals surface area contributed by atoms with Crippen molar-refractivity contribution in [3.63, 3.8) is 0 Å². The van der Waals surface area contributed by atoms with Crippen molar-refractivity contribution in [1.82, 2.24) is 19.9 Å². The monoisotopic (exact) mass is 315 g/mol. The van der Waals surface area contributed by atoms with Gasteiger partial charge >= 0.3 is 12.0 Å². The van der Waals surface area contributed by atoms with E-state index in [1.54, 1.807) is 14.2 Å². The number of hydrogen-bond acceptors (Lipinski definition) is 7. The average Bonchev–Trinajstić information content (AvgIpc) is 2.62. The second-order valence-corrected chi connectivity index (χ2v) is 5.59. The van der Waals surface area contributed by atoms with E-state index in [1.165, 1.54) is 6.42 Å². The standard InChI is InChI=1S/C16H21N5O2/c1-22-15-18-14(19-16(20-15)23-2)21-9-5-6-12(11-21)10-13-7-3-4-8-17-13/h3-4,7-8,12H,5-6,9-11H2,1-2H3/t12-/m0/s1. The van der Waals surface area contributed by atoms with Gasteiger partial charge in [-0.1, -0.05) is 6.07 Å². The summed E-state index contributed by atoms with van der Waals surface area (Å²) in [5.41, 5.74) is 1.13. The Morgan fingerprint density at radius 1 is 1.13 bits per heavy atom. The minimum Gasteiger partial charge on any atom is -0.467 e. The molecule has 0 amide bonds. The lowest BCUT2D eigenvalue weighted by Gasteiger charge is -2.32. The van der Waals surface area contributed by atoms with E-state index in [9.17, 15) is 0 Å². The Morgan fingerprint density at radius 2 is 1.91 bits per heavy atom. The molecule has 2 aromatic heterocycles. The van der Waals surface area contributed by atoms with Crippen molar-refractivity contribution < 1.29 is 9.47 Å². The van der Waals surface area contributed by atoms with E-state index < -0.39 is 0 Å². The Kier molecular flexibility index (Phi) is 4.85. The van der Waals surface area contributed by atoms with Crippen LogP contribution in [0.5, 0.6) is 12.0 Å². The topological polar surface area (TPSA) is 73.3 Å². The first-order valence-electron chi connectivity index (χ1n) is 7.77. The molecule has 7 heteroatoms. The molecule has 0 saturated carbocycles. The summed E-state index contributed by atoms with van der Waals surface area (Å²) in [5, 5.41) is 0. The molecule has 2 aromatic rings. The number of piperidine rings is 1. The molecule has 0 spiro atoms. The molecule has 0 aliphatic carbocycles. The van der Waals surface area contributed by atoms with E-state index in [-0.39, 0.29) is 12.0 Å². The average molecular weight is 315 g/mol. The van der Waals surface area contributed by atoms with Crippen LogP contribution in [0.2, 0.25) is 0 Å². The maximum absolute atomic E-state index is 5.13. The Balaban J connectivity index is 1.73. The van der Waals surface area contributed by atoms with E-state index in [2.05, 4.69) is 30.9 Å². The summed E-state index contributed by atoms with van der Waals surface area (Å²) in [6, 6.07) is 6.61. The predicted octanol–water partition coefficient (Wildman–Crippen LogP) is 1.74.